The van der Waals surface area contributed by atoms with E-state index in [2.05, 4.69) is 15.3 Å². The van der Waals surface area contributed by atoms with Crippen molar-refractivity contribution in [2.24, 2.45) is 0 Å². The van der Waals surface area contributed by atoms with Gasteiger partial charge in [-0.25, -0.2) is 9.97 Å². The summed E-state index contributed by atoms with van der Waals surface area (Å²) >= 11 is 0. The van der Waals surface area contributed by atoms with Crippen LogP contribution in [0.1, 0.15) is 27.2 Å². The molecule has 0 fully saturated rings. The molecule has 0 saturated carbocycles. The van der Waals surface area contributed by atoms with Crippen LogP contribution < -0.4 is 5.32 Å². The SMILES string of the molecule is O=C(NCc1cc(C(F)(F)F)cc(C(F)(F)F)c1)c1cccn1-c1ncccn1. The number of hydrogen-bond acceptors (Lipinski definition) is 3. The highest BCUT2D eigenvalue weighted by atomic mass is 19.4. The van der Waals surface area contributed by atoms with E-state index in [1.807, 2.05) is 0 Å². The van der Waals surface area contributed by atoms with E-state index in [9.17, 15) is 31.1 Å². The maximum absolute atomic E-state index is 12.9. The van der Waals surface area contributed by atoms with E-state index >= 15 is 0 Å². The highest BCUT2D eigenvalue weighted by molar-refractivity contribution is 5.93. The van der Waals surface area contributed by atoms with E-state index in [0.29, 0.717) is 12.1 Å². The van der Waals surface area contributed by atoms with Gasteiger partial charge in [0.15, 0.2) is 0 Å². The number of benzene rings is 1. The highest BCUT2D eigenvalue weighted by Gasteiger charge is 2.36. The van der Waals surface area contributed by atoms with Crippen molar-refractivity contribution in [1.29, 1.82) is 0 Å². The normalized spacial score (nSPS) is 12.1. The Bertz CT molecular complexity index is 979. The Kier molecular flexibility index (Phi) is 5.31. The Morgan fingerprint density at radius 1 is 0.931 bits per heavy atom. The smallest absolute Gasteiger partial charge is 0.347 e. The van der Waals surface area contributed by atoms with Crippen molar-refractivity contribution in [3.63, 3.8) is 0 Å². The lowest BCUT2D eigenvalue weighted by atomic mass is 10.0. The Morgan fingerprint density at radius 2 is 1.52 bits per heavy atom. The molecule has 152 valence electrons. The van der Waals surface area contributed by atoms with Gasteiger partial charge in [0.1, 0.15) is 5.69 Å². The Morgan fingerprint density at radius 3 is 2.07 bits per heavy atom. The van der Waals surface area contributed by atoms with Crippen LogP contribution in [0.2, 0.25) is 0 Å². The molecule has 0 atom stereocenters. The number of hydrogen-bond donors (Lipinski definition) is 1. The van der Waals surface area contributed by atoms with Crippen molar-refractivity contribution in [3.05, 3.63) is 77.4 Å². The second-order valence-electron chi connectivity index (χ2n) is 5.91. The van der Waals surface area contributed by atoms with Gasteiger partial charge in [0.05, 0.1) is 11.1 Å². The molecule has 0 radical (unpaired) electrons. The molecule has 1 amide bonds. The van der Waals surface area contributed by atoms with E-state index < -0.39 is 35.9 Å². The fourth-order valence-corrected chi connectivity index (χ4v) is 2.55. The number of carbonyl (C=O) groups is 1. The third-order valence-corrected chi connectivity index (χ3v) is 3.85. The maximum atomic E-state index is 12.9. The lowest BCUT2D eigenvalue weighted by Crippen LogP contribution is -2.26. The molecule has 3 rings (SSSR count). The minimum atomic E-state index is -4.96. The molecule has 0 aliphatic heterocycles. The topological polar surface area (TPSA) is 59.8 Å². The van der Waals surface area contributed by atoms with Crippen molar-refractivity contribution in [2.45, 2.75) is 18.9 Å². The first-order chi connectivity index (χ1) is 13.6. The summed E-state index contributed by atoms with van der Waals surface area (Å²) in [4.78, 5) is 20.4. The molecule has 29 heavy (non-hydrogen) atoms. The standard InChI is InChI=1S/C18H12F6N4O/c19-17(20,21)12-7-11(8-13(9-12)18(22,23)24)10-27-15(29)14-3-1-6-28(14)16-25-4-2-5-26-16/h1-9H,10H2,(H,27,29). The van der Waals surface area contributed by atoms with Crippen molar-refractivity contribution >= 4 is 5.91 Å². The van der Waals surface area contributed by atoms with E-state index in [4.69, 9.17) is 0 Å². The fourth-order valence-electron chi connectivity index (χ4n) is 2.55. The van der Waals surface area contributed by atoms with Gasteiger partial charge in [0.2, 0.25) is 5.95 Å². The molecule has 0 saturated heterocycles. The number of amides is 1. The first-order valence-corrected chi connectivity index (χ1v) is 8.07. The molecule has 5 nitrogen and oxygen atoms in total. The summed E-state index contributed by atoms with van der Waals surface area (Å²) < 4.78 is 78.9. The molecule has 0 spiro atoms. The predicted octanol–water partition coefficient (Wildman–Crippen LogP) is 4.23. The molecule has 2 aromatic heterocycles. The van der Waals surface area contributed by atoms with Crippen LogP contribution in [0.4, 0.5) is 26.3 Å². The van der Waals surface area contributed by atoms with Gasteiger partial charge in [0, 0.05) is 25.1 Å². The zero-order valence-corrected chi connectivity index (χ0v) is 14.4. The van der Waals surface area contributed by atoms with E-state index in [-0.39, 0.29) is 23.3 Å². The zero-order valence-electron chi connectivity index (χ0n) is 14.4. The van der Waals surface area contributed by atoms with E-state index in [1.165, 1.54) is 35.3 Å². The van der Waals surface area contributed by atoms with Gasteiger partial charge in [-0.3, -0.25) is 9.36 Å². The van der Waals surface area contributed by atoms with Crippen molar-refractivity contribution in [3.8, 4) is 5.95 Å². The molecular weight excluding hydrogens is 402 g/mol. The number of halogens is 6. The monoisotopic (exact) mass is 414 g/mol. The largest absolute Gasteiger partial charge is 0.416 e. The minimum absolute atomic E-state index is 0.0310. The third-order valence-electron chi connectivity index (χ3n) is 3.85. The summed E-state index contributed by atoms with van der Waals surface area (Å²) in [5.41, 5.74) is -3.16. The Hall–Kier alpha value is -3.37. The van der Waals surface area contributed by atoms with Gasteiger partial charge >= 0.3 is 12.4 Å². The van der Waals surface area contributed by atoms with Gasteiger partial charge in [-0.2, -0.15) is 26.3 Å². The molecule has 0 aliphatic carbocycles. The molecule has 1 N–H and O–H groups in total. The molecular formula is C18H12F6N4O. The predicted molar refractivity (Wildman–Crippen MR) is 89.0 cm³/mol. The lowest BCUT2D eigenvalue weighted by Gasteiger charge is -2.15. The van der Waals surface area contributed by atoms with Crippen molar-refractivity contribution < 1.29 is 31.1 Å². The molecule has 3 aromatic rings. The molecule has 0 bridgehead atoms. The number of nitrogens with zero attached hydrogens (tertiary/aromatic N) is 3. The van der Waals surface area contributed by atoms with Gasteiger partial charge in [-0.1, -0.05) is 0 Å². The molecule has 11 heteroatoms. The first-order valence-electron chi connectivity index (χ1n) is 8.07. The van der Waals surface area contributed by atoms with Gasteiger partial charge < -0.3 is 5.32 Å². The van der Waals surface area contributed by atoms with E-state index in [0.717, 1.165) is 0 Å². The van der Waals surface area contributed by atoms with Gasteiger partial charge in [0.25, 0.3) is 5.91 Å². The summed E-state index contributed by atoms with van der Waals surface area (Å²) in [6.45, 7) is -0.535. The number of aromatic nitrogens is 3. The molecule has 0 unspecified atom stereocenters. The number of nitrogens with one attached hydrogen (secondary N) is 1. The summed E-state index contributed by atoms with van der Waals surface area (Å²) in [6.07, 6.45) is -5.52. The second-order valence-corrected chi connectivity index (χ2v) is 5.91. The number of alkyl halides is 6. The van der Waals surface area contributed by atoms with Crippen molar-refractivity contribution in [2.75, 3.05) is 0 Å². The zero-order chi connectivity index (χ0) is 21.2. The molecule has 2 heterocycles. The van der Waals surface area contributed by atoms with Crippen LogP contribution in [0.15, 0.2) is 55.0 Å². The maximum Gasteiger partial charge on any atom is 0.416 e. The van der Waals surface area contributed by atoms with Crippen LogP contribution >= 0.6 is 0 Å². The number of carbonyl (C=O) groups excluding carboxylic acids is 1. The van der Waals surface area contributed by atoms with Crippen LogP contribution in [0.25, 0.3) is 5.95 Å². The van der Waals surface area contributed by atoms with Crippen LogP contribution in [-0.2, 0) is 18.9 Å². The number of rotatable bonds is 4. The Balaban J connectivity index is 1.84. The first kappa shape index (κ1) is 20.4. The fraction of sp³-hybridized carbons (Fsp3) is 0.167. The average molecular weight is 414 g/mol. The van der Waals surface area contributed by atoms with Crippen LogP contribution in [0.3, 0.4) is 0 Å². The minimum Gasteiger partial charge on any atom is -0.347 e. The van der Waals surface area contributed by atoms with Crippen LogP contribution in [-0.4, -0.2) is 20.4 Å². The average Bonchev–Trinajstić information content (AvgIpc) is 3.15. The van der Waals surface area contributed by atoms with Crippen LogP contribution in [0, 0.1) is 0 Å². The molecule has 1 aromatic carbocycles. The summed E-state index contributed by atoms with van der Waals surface area (Å²) in [5.74, 6) is -0.533. The highest BCUT2D eigenvalue weighted by Crippen LogP contribution is 2.36. The Labute approximate surface area is 160 Å². The third kappa shape index (κ3) is 4.73. The van der Waals surface area contributed by atoms with Crippen molar-refractivity contribution in [1.82, 2.24) is 19.9 Å². The van der Waals surface area contributed by atoms with E-state index in [1.54, 1.807) is 6.07 Å². The lowest BCUT2D eigenvalue weighted by molar-refractivity contribution is -0.143. The van der Waals surface area contributed by atoms with Gasteiger partial charge in [-0.15, -0.1) is 0 Å². The van der Waals surface area contributed by atoms with Crippen LogP contribution in [0.5, 0.6) is 0 Å². The van der Waals surface area contributed by atoms with Gasteiger partial charge in [-0.05, 0) is 42.0 Å². The summed E-state index contributed by atoms with van der Waals surface area (Å²) in [6, 6.07) is 5.67. The second kappa shape index (κ2) is 7.57. The summed E-state index contributed by atoms with van der Waals surface area (Å²) in [7, 11) is 0. The summed E-state index contributed by atoms with van der Waals surface area (Å²) in [5, 5.41) is 2.32. The molecule has 0 aliphatic rings. The quantitative estimate of drug-likeness (QED) is 0.650.